The molecule has 0 fully saturated rings. The number of ether oxygens (including phenoxy) is 3. The van der Waals surface area contributed by atoms with Gasteiger partial charge in [0.25, 0.3) is 0 Å². The van der Waals surface area contributed by atoms with Crippen molar-refractivity contribution in [3.05, 3.63) is 66.9 Å². The molecule has 0 radical (unpaired) electrons. The predicted octanol–water partition coefficient (Wildman–Crippen LogP) is 4.09. The number of hydrogen-bond acceptors (Lipinski definition) is 8. The molecule has 0 atom stereocenters. The summed E-state index contributed by atoms with van der Waals surface area (Å²) in [6, 6.07) is 18.3. The van der Waals surface area contributed by atoms with Gasteiger partial charge in [0.2, 0.25) is 5.91 Å². The Kier molecular flexibility index (Phi) is 7.28. The summed E-state index contributed by atoms with van der Waals surface area (Å²) >= 11 is 1.27. The molecule has 34 heavy (non-hydrogen) atoms. The Labute approximate surface area is 201 Å². The van der Waals surface area contributed by atoms with Crippen molar-refractivity contribution in [1.29, 1.82) is 0 Å². The van der Waals surface area contributed by atoms with Gasteiger partial charge in [-0.05, 0) is 48.5 Å². The van der Waals surface area contributed by atoms with Crippen LogP contribution in [-0.4, -0.2) is 52.7 Å². The zero-order chi connectivity index (χ0) is 23.9. The summed E-state index contributed by atoms with van der Waals surface area (Å²) in [5.74, 6) is 2.37. The van der Waals surface area contributed by atoms with E-state index in [1.807, 2.05) is 47.0 Å². The van der Waals surface area contributed by atoms with Crippen molar-refractivity contribution >= 4 is 23.4 Å². The van der Waals surface area contributed by atoms with Crippen LogP contribution >= 0.6 is 11.8 Å². The number of benzene rings is 2. The fraction of sp³-hybridized carbons (Fsp3) is 0.167. The first-order chi connectivity index (χ1) is 16.6. The minimum absolute atomic E-state index is 0.130. The molecule has 9 nitrogen and oxygen atoms in total. The van der Waals surface area contributed by atoms with Crippen molar-refractivity contribution in [3.8, 4) is 34.5 Å². The fourth-order valence-corrected chi connectivity index (χ4v) is 3.98. The zero-order valence-corrected chi connectivity index (χ0v) is 19.7. The van der Waals surface area contributed by atoms with Gasteiger partial charge in [0, 0.05) is 18.0 Å². The molecule has 174 valence electrons. The van der Waals surface area contributed by atoms with E-state index in [0.717, 1.165) is 11.4 Å². The highest BCUT2D eigenvalue weighted by molar-refractivity contribution is 7.99. The van der Waals surface area contributed by atoms with Crippen molar-refractivity contribution in [2.75, 3.05) is 32.4 Å². The van der Waals surface area contributed by atoms with E-state index >= 15 is 0 Å². The summed E-state index contributed by atoms with van der Waals surface area (Å²) < 4.78 is 17.7. The van der Waals surface area contributed by atoms with Crippen molar-refractivity contribution in [2.24, 2.45) is 0 Å². The van der Waals surface area contributed by atoms with Crippen molar-refractivity contribution in [3.63, 3.8) is 0 Å². The number of nitrogens with one attached hydrogen (secondary N) is 1. The van der Waals surface area contributed by atoms with E-state index in [-0.39, 0.29) is 11.7 Å². The van der Waals surface area contributed by atoms with E-state index in [9.17, 15) is 4.79 Å². The first-order valence-electron chi connectivity index (χ1n) is 10.3. The average molecular weight is 478 g/mol. The Morgan fingerprint density at radius 2 is 1.74 bits per heavy atom. The molecular formula is C24H23N5O4S. The molecule has 0 aliphatic heterocycles. The van der Waals surface area contributed by atoms with E-state index in [1.165, 1.54) is 11.8 Å². The number of anilines is 1. The molecule has 0 bridgehead atoms. The number of hydrogen-bond donors (Lipinski definition) is 1. The Hall–Kier alpha value is -4.05. The highest BCUT2D eigenvalue weighted by Gasteiger charge is 2.18. The number of methoxy groups -OCH3 is 3. The second-order valence-corrected chi connectivity index (χ2v) is 7.90. The first-order valence-corrected chi connectivity index (χ1v) is 11.3. The van der Waals surface area contributed by atoms with Crippen LogP contribution in [0.5, 0.6) is 17.2 Å². The number of amides is 1. The Morgan fingerprint density at radius 3 is 2.41 bits per heavy atom. The predicted molar refractivity (Wildman–Crippen MR) is 130 cm³/mol. The van der Waals surface area contributed by atoms with E-state index in [4.69, 9.17) is 14.2 Å². The minimum atomic E-state index is -0.194. The molecule has 0 spiro atoms. The molecule has 10 heteroatoms. The average Bonchev–Trinajstić information content (AvgIpc) is 3.32. The second-order valence-electron chi connectivity index (χ2n) is 6.96. The van der Waals surface area contributed by atoms with Gasteiger partial charge in [-0.1, -0.05) is 17.8 Å². The number of nitrogens with zero attached hydrogens (tertiary/aromatic N) is 4. The topological polar surface area (TPSA) is 100 Å². The Balaban J connectivity index is 1.56. The Morgan fingerprint density at radius 1 is 0.941 bits per heavy atom. The summed E-state index contributed by atoms with van der Waals surface area (Å²) in [4.78, 5) is 17.1. The molecule has 0 saturated carbocycles. The third kappa shape index (κ3) is 5.12. The number of thioether (sulfide) groups is 1. The van der Waals surface area contributed by atoms with E-state index < -0.39 is 0 Å². The highest BCUT2D eigenvalue weighted by Crippen LogP contribution is 2.31. The molecule has 0 unspecified atom stereocenters. The standard InChI is InChI=1S/C24H23N5O4S/c1-31-18-10-8-17(9-11-18)29-23(19-6-4-5-13-25-19)27-28-24(29)34-15-22(30)26-16-7-12-20(32-2)21(14-16)33-3/h4-14H,15H2,1-3H3,(H,26,30). The van der Waals surface area contributed by atoms with Crippen LogP contribution in [0.25, 0.3) is 17.2 Å². The van der Waals surface area contributed by atoms with Gasteiger partial charge in [-0.3, -0.25) is 14.3 Å². The zero-order valence-electron chi connectivity index (χ0n) is 18.9. The van der Waals surface area contributed by atoms with Gasteiger partial charge in [0.05, 0.1) is 32.8 Å². The van der Waals surface area contributed by atoms with Gasteiger partial charge >= 0.3 is 0 Å². The monoisotopic (exact) mass is 477 g/mol. The molecule has 0 saturated heterocycles. The number of pyridine rings is 1. The van der Waals surface area contributed by atoms with E-state index in [2.05, 4.69) is 20.5 Å². The molecule has 0 aliphatic rings. The fourth-order valence-electron chi connectivity index (χ4n) is 3.23. The molecule has 0 aliphatic carbocycles. The normalized spacial score (nSPS) is 10.6. The van der Waals surface area contributed by atoms with Crippen LogP contribution in [0.15, 0.2) is 72.0 Å². The van der Waals surface area contributed by atoms with Crippen LogP contribution in [0.4, 0.5) is 5.69 Å². The molecule has 4 rings (SSSR count). The largest absolute Gasteiger partial charge is 0.497 e. The minimum Gasteiger partial charge on any atom is -0.497 e. The lowest BCUT2D eigenvalue weighted by Gasteiger charge is -2.12. The van der Waals surface area contributed by atoms with Crippen LogP contribution < -0.4 is 19.5 Å². The quantitative estimate of drug-likeness (QED) is 0.360. The SMILES string of the molecule is COc1ccc(-n2c(SCC(=O)Nc3ccc(OC)c(OC)c3)nnc2-c2ccccn2)cc1. The number of rotatable bonds is 9. The van der Waals surface area contributed by atoms with Crippen LogP contribution in [0.3, 0.4) is 0 Å². The van der Waals surface area contributed by atoms with Gasteiger partial charge in [0.15, 0.2) is 22.5 Å². The van der Waals surface area contributed by atoms with Gasteiger partial charge in [-0.2, -0.15) is 0 Å². The molecule has 2 aromatic carbocycles. The van der Waals surface area contributed by atoms with Gasteiger partial charge in [-0.25, -0.2) is 0 Å². The van der Waals surface area contributed by atoms with Crippen molar-refractivity contribution in [2.45, 2.75) is 5.16 Å². The van der Waals surface area contributed by atoms with E-state index in [1.54, 1.807) is 45.7 Å². The lowest BCUT2D eigenvalue weighted by atomic mass is 10.2. The summed E-state index contributed by atoms with van der Waals surface area (Å²) in [7, 11) is 4.72. The van der Waals surface area contributed by atoms with Crippen molar-refractivity contribution in [1.82, 2.24) is 19.7 Å². The molecule has 1 N–H and O–H groups in total. The lowest BCUT2D eigenvalue weighted by molar-refractivity contribution is -0.113. The summed E-state index contributed by atoms with van der Waals surface area (Å²) in [6.07, 6.45) is 1.70. The second kappa shape index (κ2) is 10.7. The summed E-state index contributed by atoms with van der Waals surface area (Å²) in [5, 5.41) is 12.1. The number of aromatic nitrogens is 4. The molecule has 2 aromatic heterocycles. The van der Waals surface area contributed by atoms with Crippen LogP contribution in [0, 0.1) is 0 Å². The maximum atomic E-state index is 12.7. The van der Waals surface area contributed by atoms with Gasteiger partial charge < -0.3 is 19.5 Å². The van der Waals surface area contributed by atoms with Crippen molar-refractivity contribution < 1.29 is 19.0 Å². The molecule has 4 aromatic rings. The van der Waals surface area contributed by atoms with Crippen LogP contribution in [0.2, 0.25) is 0 Å². The first kappa shape index (κ1) is 23.1. The summed E-state index contributed by atoms with van der Waals surface area (Å²) in [5.41, 5.74) is 2.11. The summed E-state index contributed by atoms with van der Waals surface area (Å²) in [6.45, 7) is 0. The highest BCUT2D eigenvalue weighted by atomic mass is 32.2. The maximum absolute atomic E-state index is 12.7. The van der Waals surface area contributed by atoms with Crippen LogP contribution in [-0.2, 0) is 4.79 Å². The number of carbonyl (C=O) groups excluding carboxylic acids is 1. The smallest absolute Gasteiger partial charge is 0.234 e. The molecule has 1 amide bonds. The maximum Gasteiger partial charge on any atom is 0.234 e. The molecular weight excluding hydrogens is 454 g/mol. The Bertz CT molecular complexity index is 1260. The third-order valence-corrected chi connectivity index (χ3v) is 5.79. The lowest BCUT2D eigenvalue weighted by Crippen LogP contribution is -2.14. The third-order valence-electron chi connectivity index (χ3n) is 4.86. The molecule has 2 heterocycles. The van der Waals surface area contributed by atoms with Crippen LogP contribution in [0.1, 0.15) is 0 Å². The van der Waals surface area contributed by atoms with Gasteiger partial charge in [0.1, 0.15) is 11.4 Å². The van der Waals surface area contributed by atoms with Gasteiger partial charge in [-0.15, -0.1) is 10.2 Å². The number of carbonyl (C=O) groups is 1. The van der Waals surface area contributed by atoms with E-state index in [0.29, 0.717) is 33.9 Å².